The van der Waals surface area contributed by atoms with Crippen LogP contribution in [0.3, 0.4) is 0 Å². The summed E-state index contributed by atoms with van der Waals surface area (Å²) in [6.45, 7) is 1.25. The highest BCUT2D eigenvalue weighted by molar-refractivity contribution is 5.82. The lowest BCUT2D eigenvalue weighted by atomic mass is 9.97. The molecular weight excluding hydrogens is 216 g/mol. The Hall–Kier alpha value is -0.870. The zero-order valence-electron chi connectivity index (χ0n) is 10.2. The smallest absolute Gasteiger partial charge is 0.237 e. The molecule has 96 valence electrons. The van der Waals surface area contributed by atoms with Gasteiger partial charge in [0.1, 0.15) is 0 Å². The summed E-state index contributed by atoms with van der Waals surface area (Å²) in [4.78, 5) is 11.7. The van der Waals surface area contributed by atoms with E-state index in [1.165, 1.54) is 31.3 Å². The zero-order valence-corrected chi connectivity index (χ0v) is 10.2. The number of hydrogen-bond donors (Lipinski definition) is 3. The van der Waals surface area contributed by atoms with E-state index in [1.807, 2.05) is 0 Å². The van der Waals surface area contributed by atoms with Gasteiger partial charge in [-0.3, -0.25) is 4.79 Å². The molecule has 2 unspecified atom stereocenters. The first kappa shape index (κ1) is 12.6. The van der Waals surface area contributed by atoms with Crippen LogP contribution in [0.5, 0.6) is 0 Å². The quantitative estimate of drug-likeness (QED) is 0.632. The van der Waals surface area contributed by atoms with Crippen LogP contribution in [-0.4, -0.2) is 36.2 Å². The normalized spacial score (nSPS) is 28.9. The largest absolute Gasteiger partial charge is 0.392 e. The summed E-state index contributed by atoms with van der Waals surface area (Å²) in [5.74, 6) is 0.0259. The Morgan fingerprint density at radius 3 is 3.06 bits per heavy atom. The average Bonchev–Trinajstić information content (AvgIpc) is 2.77. The number of nitrogens with one attached hydrogen (secondary N) is 2. The van der Waals surface area contributed by atoms with Crippen molar-refractivity contribution in [3.63, 3.8) is 0 Å². The van der Waals surface area contributed by atoms with Gasteiger partial charge in [0.15, 0.2) is 0 Å². The molecule has 0 bridgehead atoms. The van der Waals surface area contributed by atoms with Gasteiger partial charge in [0.2, 0.25) is 5.91 Å². The van der Waals surface area contributed by atoms with Gasteiger partial charge in [-0.25, -0.2) is 0 Å². The van der Waals surface area contributed by atoms with E-state index in [1.54, 1.807) is 0 Å². The van der Waals surface area contributed by atoms with E-state index in [2.05, 4.69) is 16.7 Å². The third-order valence-corrected chi connectivity index (χ3v) is 3.55. The van der Waals surface area contributed by atoms with Crippen LogP contribution in [0.2, 0.25) is 0 Å². The van der Waals surface area contributed by atoms with E-state index in [0.29, 0.717) is 13.0 Å². The van der Waals surface area contributed by atoms with Crippen LogP contribution in [0.25, 0.3) is 0 Å². The van der Waals surface area contributed by atoms with Crippen molar-refractivity contribution in [1.82, 2.24) is 10.6 Å². The van der Waals surface area contributed by atoms with Gasteiger partial charge in [-0.2, -0.15) is 0 Å². The van der Waals surface area contributed by atoms with Crippen molar-refractivity contribution < 1.29 is 9.90 Å². The number of carbonyl (C=O) groups excluding carboxylic acids is 1. The van der Waals surface area contributed by atoms with E-state index >= 15 is 0 Å². The molecule has 3 N–H and O–H groups in total. The Labute approximate surface area is 102 Å². The molecule has 17 heavy (non-hydrogen) atoms. The molecule has 1 heterocycles. The summed E-state index contributed by atoms with van der Waals surface area (Å²) in [7, 11) is 0. The van der Waals surface area contributed by atoms with E-state index in [-0.39, 0.29) is 18.1 Å². The van der Waals surface area contributed by atoms with Gasteiger partial charge in [0, 0.05) is 13.1 Å². The molecule has 1 aliphatic carbocycles. The van der Waals surface area contributed by atoms with Gasteiger partial charge in [-0.1, -0.05) is 11.6 Å². The van der Waals surface area contributed by atoms with E-state index in [0.717, 1.165) is 13.0 Å². The molecule has 4 heteroatoms. The molecule has 0 aromatic rings. The van der Waals surface area contributed by atoms with Crippen molar-refractivity contribution >= 4 is 5.91 Å². The van der Waals surface area contributed by atoms with Crippen LogP contribution in [0.1, 0.15) is 38.5 Å². The SMILES string of the molecule is O=C(NCCC1=CCCCC1)C1CC(O)CN1. The highest BCUT2D eigenvalue weighted by Gasteiger charge is 2.27. The van der Waals surface area contributed by atoms with Crippen molar-refractivity contribution in [1.29, 1.82) is 0 Å². The van der Waals surface area contributed by atoms with Gasteiger partial charge in [0.05, 0.1) is 12.1 Å². The minimum absolute atomic E-state index is 0.0259. The van der Waals surface area contributed by atoms with Crippen molar-refractivity contribution in [2.75, 3.05) is 13.1 Å². The first-order chi connectivity index (χ1) is 8.25. The number of amides is 1. The predicted octanol–water partition coefficient (Wildman–Crippen LogP) is 0.716. The number of hydrogen-bond acceptors (Lipinski definition) is 3. The van der Waals surface area contributed by atoms with Crippen LogP contribution >= 0.6 is 0 Å². The summed E-state index contributed by atoms with van der Waals surface area (Å²) in [5.41, 5.74) is 1.48. The molecule has 0 spiro atoms. The predicted molar refractivity (Wildman–Crippen MR) is 66.6 cm³/mol. The molecule has 0 saturated carbocycles. The summed E-state index contributed by atoms with van der Waals surface area (Å²) >= 11 is 0. The highest BCUT2D eigenvalue weighted by Crippen LogP contribution is 2.19. The molecule has 0 aromatic heterocycles. The summed E-state index contributed by atoms with van der Waals surface area (Å²) in [6.07, 6.45) is 8.43. The number of carbonyl (C=O) groups is 1. The number of aliphatic hydroxyl groups excluding tert-OH is 1. The average molecular weight is 238 g/mol. The van der Waals surface area contributed by atoms with Crippen molar-refractivity contribution in [2.24, 2.45) is 0 Å². The lowest BCUT2D eigenvalue weighted by molar-refractivity contribution is -0.122. The third kappa shape index (κ3) is 3.82. The van der Waals surface area contributed by atoms with Crippen LogP contribution in [0.4, 0.5) is 0 Å². The molecule has 1 aliphatic heterocycles. The molecule has 0 aromatic carbocycles. The van der Waals surface area contributed by atoms with Crippen molar-refractivity contribution in [2.45, 2.75) is 50.7 Å². The minimum atomic E-state index is -0.369. The number of allylic oxidation sites excluding steroid dienone is 1. The van der Waals surface area contributed by atoms with Gasteiger partial charge in [-0.05, 0) is 38.5 Å². The van der Waals surface area contributed by atoms with E-state index in [4.69, 9.17) is 0 Å². The second-order valence-electron chi connectivity index (χ2n) is 5.00. The standard InChI is InChI=1S/C13H22N2O2/c16-11-8-12(15-9-11)13(17)14-7-6-10-4-2-1-3-5-10/h4,11-12,15-16H,1-3,5-9H2,(H,14,17). The number of β-amino-alcohol motifs (C(OH)–C–C–N with tert-alkyl or cyclic N) is 1. The first-order valence-corrected chi connectivity index (χ1v) is 6.63. The number of aliphatic hydroxyl groups is 1. The second kappa shape index (κ2) is 6.17. The van der Waals surface area contributed by atoms with Gasteiger partial charge in [-0.15, -0.1) is 0 Å². The van der Waals surface area contributed by atoms with Crippen molar-refractivity contribution in [3.05, 3.63) is 11.6 Å². The molecule has 2 rings (SSSR count). The fraction of sp³-hybridized carbons (Fsp3) is 0.769. The molecule has 1 saturated heterocycles. The summed E-state index contributed by atoms with van der Waals surface area (Å²) in [5, 5.41) is 15.3. The summed E-state index contributed by atoms with van der Waals surface area (Å²) < 4.78 is 0. The Bertz CT molecular complexity index is 302. The Kier molecular flexibility index (Phi) is 4.57. The Balaban J connectivity index is 1.64. The Morgan fingerprint density at radius 1 is 1.53 bits per heavy atom. The molecule has 0 radical (unpaired) electrons. The van der Waals surface area contributed by atoms with E-state index < -0.39 is 0 Å². The summed E-state index contributed by atoms with van der Waals surface area (Å²) in [6, 6.07) is -0.203. The lowest BCUT2D eigenvalue weighted by Crippen LogP contribution is -2.40. The topological polar surface area (TPSA) is 61.4 Å². The Morgan fingerprint density at radius 2 is 2.41 bits per heavy atom. The van der Waals surface area contributed by atoms with Gasteiger partial charge in [0.25, 0.3) is 0 Å². The molecular formula is C13H22N2O2. The molecule has 2 aliphatic rings. The third-order valence-electron chi connectivity index (χ3n) is 3.55. The van der Waals surface area contributed by atoms with Crippen LogP contribution in [0, 0.1) is 0 Å². The maximum absolute atomic E-state index is 11.7. The lowest BCUT2D eigenvalue weighted by Gasteiger charge is -2.14. The molecule has 1 fully saturated rings. The van der Waals surface area contributed by atoms with Crippen LogP contribution < -0.4 is 10.6 Å². The molecule has 1 amide bonds. The van der Waals surface area contributed by atoms with Crippen molar-refractivity contribution in [3.8, 4) is 0 Å². The highest BCUT2D eigenvalue weighted by atomic mass is 16.3. The van der Waals surface area contributed by atoms with Gasteiger partial charge < -0.3 is 15.7 Å². The van der Waals surface area contributed by atoms with Gasteiger partial charge >= 0.3 is 0 Å². The second-order valence-corrected chi connectivity index (χ2v) is 5.00. The fourth-order valence-corrected chi connectivity index (χ4v) is 2.52. The van der Waals surface area contributed by atoms with E-state index in [9.17, 15) is 9.90 Å². The molecule has 4 nitrogen and oxygen atoms in total. The number of rotatable bonds is 4. The zero-order chi connectivity index (χ0) is 12.1. The fourth-order valence-electron chi connectivity index (χ4n) is 2.52. The van der Waals surface area contributed by atoms with Crippen LogP contribution in [-0.2, 0) is 4.79 Å². The monoisotopic (exact) mass is 238 g/mol. The maximum atomic E-state index is 11.7. The van der Waals surface area contributed by atoms with Crippen LogP contribution in [0.15, 0.2) is 11.6 Å². The maximum Gasteiger partial charge on any atom is 0.237 e. The first-order valence-electron chi connectivity index (χ1n) is 6.63. The molecule has 2 atom stereocenters. The minimum Gasteiger partial charge on any atom is -0.392 e.